The summed E-state index contributed by atoms with van der Waals surface area (Å²) in [4.78, 5) is 6.98. The number of fused-ring (bicyclic) bond motifs is 1. The fourth-order valence-electron chi connectivity index (χ4n) is 3.43. The van der Waals surface area contributed by atoms with E-state index in [4.69, 9.17) is 4.98 Å². The Morgan fingerprint density at radius 3 is 2.42 bits per heavy atom. The van der Waals surface area contributed by atoms with Gasteiger partial charge in [-0.2, -0.15) is 9.61 Å². The first-order valence-electron chi connectivity index (χ1n) is 9.27. The summed E-state index contributed by atoms with van der Waals surface area (Å²) in [6.07, 6.45) is 1.87. The van der Waals surface area contributed by atoms with Gasteiger partial charge < -0.3 is 10.0 Å². The van der Waals surface area contributed by atoms with Crippen molar-refractivity contribution >= 4 is 11.5 Å². The molecule has 0 atom stereocenters. The number of aliphatic hydroxyl groups excluding tert-OH is 1. The molecule has 0 radical (unpaired) electrons. The van der Waals surface area contributed by atoms with Crippen LogP contribution >= 0.6 is 0 Å². The van der Waals surface area contributed by atoms with Gasteiger partial charge in [-0.1, -0.05) is 44.2 Å². The molecule has 0 aliphatic carbocycles. The first kappa shape index (κ1) is 18.4. The van der Waals surface area contributed by atoms with Gasteiger partial charge in [-0.05, 0) is 19.8 Å². The van der Waals surface area contributed by atoms with Crippen molar-refractivity contribution < 1.29 is 5.11 Å². The number of benzene rings is 1. The molecule has 3 rings (SSSR count). The Balaban J connectivity index is 2.09. The van der Waals surface area contributed by atoms with E-state index in [0.29, 0.717) is 0 Å². The number of hydrogen-bond donors (Lipinski definition) is 1. The Hall–Kier alpha value is -2.40. The summed E-state index contributed by atoms with van der Waals surface area (Å²) in [6.45, 7) is 7.22. The molecule has 0 saturated heterocycles. The molecule has 0 spiro atoms. The third kappa shape index (κ3) is 3.44. The zero-order chi connectivity index (χ0) is 18.7. The predicted molar refractivity (Wildman–Crippen MR) is 107 cm³/mol. The average molecular weight is 352 g/mol. The summed E-state index contributed by atoms with van der Waals surface area (Å²) in [5.41, 5.74) is 3.69. The van der Waals surface area contributed by atoms with Gasteiger partial charge in [0.05, 0.1) is 18.0 Å². The Morgan fingerprint density at radius 1 is 1.12 bits per heavy atom. The molecule has 3 aromatic rings. The maximum atomic E-state index is 9.96. The van der Waals surface area contributed by atoms with E-state index >= 15 is 0 Å². The van der Waals surface area contributed by atoms with Crippen molar-refractivity contribution in [3.63, 3.8) is 0 Å². The van der Waals surface area contributed by atoms with Gasteiger partial charge in [0, 0.05) is 36.7 Å². The summed E-state index contributed by atoms with van der Waals surface area (Å²) >= 11 is 0. The zero-order valence-corrected chi connectivity index (χ0v) is 16.1. The van der Waals surface area contributed by atoms with Crippen molar-refractivity contribution in [1.29, 1.82) is 0 Å². The molecule has 5 nitrogen and oxygen atoms in total. The molecule has 138 valence electrons. The second-order valence-corrected chi connectivity index (χ2v) is 7.14. The molecular formula is C21H28N4O. The minimum atomic E-state index is -0.112. The van der Waals surface area contributed by atoms with Crippen LogP contribution < -0.4 is 4.90 Å². The minimum absolute atomic E-state index is 0.112. The second-order valence-electron chi connectivity index (χ2n) is 7.14. The van der Waals surface area contributed by atoms with Crippen LogP contribution in [-0.2, 0) is 0 Å². The summed E-state index contributed by atoms with van der Waals surface area (Å²) in [5, 5.41) is 14.6. The van der Waals surface area contributed by atoms with Crippen molar-refractivity contribution in [1.82, 2.24) is 14.6 Å². The number of aromatic nitrogens is 3. The maximum absolute atomic E-state index is 9.96. The van der Waals surface area contributed by atoms with E-state index in [-0.39, 0.29) is 12.0 Å². The van der Waals surface area contributed by atoms with Crippen LogP contribution in [0, 0.1) is 12.3 Å². The van der Waals surface area contributed by atoms with Crippen LogP contribution in [0.15, 0.2) is 42.5 Å². The monoisotopic (exact) mass is 352 g/mol. The van der Waals surface area contributed by atoms with E-state index in [1.807, 2.05) is 35.7 Å². The van der Waals surface area contributed by atoms with Gasteiger partial charge >= 0.3 is 0 Å². The average Bonchev–Trinajstić information content (AvgIpc) is 3.06. The Bertz CT molecular complexity index is 860. The standard InChI is InChI=1S/C21H28N4O/c1-5-21(6-2,15-26)14-24(4)20-13-18(17-10-8-7-9-11-17)22-19-12-16(3)23-25(19)20/h7-13,26H,5-6,14-15H2,1-4H3. The molecular weight excluding hydrogens is 324 g/mol. The van der Waals surface area contributed by atoms with Crippen LogP contribution in [0.4, 0.5) is 5.82 Å². The van der Waals surface area contributed by atoms with Crippen LogP contribution in [0.3, 0.4) is 0 Å². The summed E-state index contributed by atoms with van der Waals surface area (Å²) in [5.74, 6) is 0.988. The van der Waals surface area contributed by atoms with E-state index < -0.39 is 0 Å². The van der Waals surface area contributed by atoms with Crippen molar-refractivity contribution in [3.8, 4) is 11.3 Å². The summed E-state index contributed by atoms with van der Waals surface area (Å²) in [6, 6.07) is 14.3. The van der Waals surface area contributed by atoms with Gasteiger partial charge in [-0.3, -0.25) is 0 Å². The highest BCUT2D eigenvalue weighted by molar-refractivity contribution is 5.67. The van der Waals surface area contributed by atoms with E-state index in [1.165, 1.54) is 0 Å². The smallest absolute Gasteiger partial charge is 0.158 e. The highest BCUT2D eigenvalue weighted by Crippen LogP contribution is 2.30. The number of hydrogen-bond acceptors (Lipinski definition) is 4. The van der Waals surface area contributed by atoms with Crippen molar-refractivity contribution in [2.24, 2.45) is 5.41 Å². The number of aryl methyl sites for hydroxylation is 1. The van der Waals surface area contributed by atoms with E-state index in [1.54, 1.807) is 0 Å². The topological polar surface area (TPSA) is 53.7 Å². The number of rotatable bonds is 7. The predicted octanol–water partition coefficient (Wildman–Crippen LogP) is 3.94. The molecule has 0 aliphatic rings. The van der Waals surface area contributed by atoms with Gasteiger partial charge in [-0.15, -0.1) is 0 Å². The lowest BCUT2D eigenvalue weighted by atomic mass is 9.83. The fourth-order valence-corrected chi connectivity index (χ4v) is 3.43. The van der Waals surface area contributed by atoms with Crippen molar-refractivity contribution in [2.75, 3.05) is 25.1 Å². The number of anilines is 1. The lowest BCUT2D eigenvalue weighted by molar-refractivity contribution is 0.121. The van der Waals surface area contributed by atoms with E-state index in [9.17, 15) is 5.11 Å². The van der Waals surface area contributed by atoms with Crippen LogP contribution in [-0.4, -0.2) is 39.9 Å². The molecule has 1 N–H and O–H groups in total. The SMILES string of the molecule is CCC(CC)(CO)CN(C)c1cc(-c2ccccc2)nc2cc(C)nn12. The molecule has 0 fully saturated rings. The van der Waals surface area contributed by atoms with Crippen molar-refractivity contribution in [3.05, 3.63) is 48.2 Å². The molecule has 0 saturated carbocycles. The lowest BCUT2D eigenvalue weighted by Crippen LogP contribution is -2.38. The van der Waals surface area contributed by atoms with Crippen molar-refractivity contribution in [2.45, 2.75) is 33.6 Å². The second kappa shape index (κ2) is 7.46. The van der Waals surface area contributed by atoms with Crippen LogP contribution in [0.25, 0.3) is 16.9 Å². The third-order valence-electron chi connectivity index (χ3n) is 5.40. The highest BCUT2D eigenvalue weighted by atomic mass is 16.3. The first-order valence-corrected chi connectivity index (χ1v) is 9.27. The maximum Gasteiger partial charge on any atom is 0.158 e. The zero-order valence-electron chi connectivity index (χ0n) is 16.1. The Morgan fingerprint density at radius 2 is 1.81 bits per heavy atom. The number of aliphatic hydroxyl groups is 1. The minimum Gasteiger partial charge on any atom is -0.396 e. The van der Waals surface area contributed by atoms with Gasteiger partial charge in [0.15, 0.2) is 5.65 Å². The molecule has 0 amide bonds. The molecule has 2 aromatic heterocycles. The van der Waals surface area contributed by atoms with Gasteiger partial charge in [-0.25, -0.2) is 4.98 Å². The molecule has 26 heavy (non-hydrogen) atoms. The van der Waals surface area contributed by atoms with Crippen LogP contribution in [0.1, 0.15) is 32.4 Å². The fraction of sp³-hybridized carbons (Fsp3) is 0.429. The van der Waals surface area contributed by atoms with Gasteiger partial charge in [0.1, 0.15) is 5.82 Å². The number of nitrogens with zero attached hydrogens (tertiary/aromatic N) is 4. The Kier molecular flexibility index (Phi) is 5.28. The third-order valence-corrected chi connectivity index (χ3v) is 5.40. The molecule has 1 aromatic carbocycles. The molecule has 5 heteroatoms. The molecule has 2 heterocycles. The normalized spacial score (nSPS) is 11.9. The van der Waals surface area contributed by atoms with Gasteiger partial charge in [0.2, 0.25) is 0 Å². The van der Waals surface area contributed by atoms with Gasteiger partial charge in [0.25, 0.3) is 0 Å². The molecule has 0 aliphatic heterocycles. The van der Waals surface area contributed by atoms with Crippen LogP contribution in [0.5, 0.6) is 0 Å². The first-order chi connectivity index (χ1) is 12.5. The van der Waals surface area contributed by atoms with Crippen LogP contribution in [0.2, 0.25) is 0 Å². The highest BCUT2D eigenvalue weighted by Gasteiger charge is 2.28. The largest absolute Gasteiger partial charge is 0.396 e. The Labute approximate surface area is 155 Å². The van der Waals surface area contributed by atoms with E-state index in [2.05, 4.69) is 49.1 Å². The summed E-state index contributed by atoms with van der Waals surface area (Å²) in [7, 11) is 2.07. The lowest BCUT2D eigenvalue weighted by Gasteiger charge is -2.35. The molecule has 0 unspecified atom stereocenters. The molecule has 0 bridgehead atoms. The summed E-state index contributed by atoms with van der Waals surface area (Å²) < 4.78 is 1.90. The van der Waals surface area contributed by atoms with E-state index in [0.717, 1.165) is 47.8 Å². The quantitative estimate of drug-likeness (QED) is 0.700.